The molecule has 0 aliphatic heterocycles. The third kappa shape index (κ3) is 4.48. The third-order valence-electron chi connectivity index (χ3n) is 4.30. The second-order valence-electron chi connectivity index (χ2n) is 6.26. The second-order valence-corrected chi connectivity index (χ2v) is 6.26. The van der Waals surface area contributed by atoms with Gasteiger partial charge in [-0.3, -0.25) is 4.79 Å². The van der Waals surface area contributed by atoms with E-state index in [0.29, 0.717) is 0 Å². The number of rotatable bonds is 6. The van der Waals surface area contributed by atoms with E-state index in [2.05, 4.69) is 34.7 Å². The number of benzene rings is 3. The predicted octanol–water partition coefficient (Wildman–Crippen LogP) is 4.38. The largest absolute Gasteiger partial charge is 0.386 e. The van der Waals surface area contributed by atoms with E-state index >= 15 is 0 Å². The fourth-order valence-corrected chi connectivity index (χ4v) is 2.77. The summed E-state index contributed by atoms with van der Waals surface area (Å²) in [5, 5.41) is 9.15. The Labute approximate surface area is 153 Å². The number of amides is 1. The SMILES string of the molecule is Cc1ccccc1/C=N/OCC(=O)NC(C)c1ccc2ccccc2c1. The topological polar surface area (TPSA) is 50.7 Å². The molecule has 0 fully saturated rings. The van der Waals surface area contributed by atoms with Crippen molar-refractivity contribution in [3.8, 4) is 0 Å². The first kappa shape index (κ1) is 17.7. The van der Waals surface area contributed by atoms with Crippen molar-refractivity contribution in [2.45, 2.75) is 19.9 Å². The van der Waals surface area contributed by atoms with Gasteiger partial charge in [-0.2, -0.15) is 0 Å². The Morgan fingerprint density at radius 3 is 2.62 bits per heavy atom. The van der Waals surface area contributed by atoms with Crippen molar-refractivity contribution in [2.75, 3.05) is 6.61 Å². The molecular formula is C22H22N2O2. The minimum absolute atomic E-state index is 0.101. The molecule has 0 saturated carbocycles. The fourth-order valence-electron chi connectivity index (χ4n) is 2.77. The molecule has 1 unspecified atom stereocenters. The van der Waals surface area contributed by atoms with Gasteiger partial charge in [-0.15, -0.1) is 0 Å². The molecule has 4 nitrogen and oxygen atoms in total. The first-order valence-electron chi connectivity index (χ1n) is 8.62. The lowest BCUT2D eigenvalue weighted by Crippen LogP contribution is -2.29. The minimum Gasteiger partial charge on any atom is -0.386 e. The van der Waals surface area contributed by atoms with Crippen molar-refractivity contribution in [2.24, 2.45) is 5.16 Å². The van der Waals surface area contributed by atoms with Crippen molar-refractivity contribution in [3.63, 3.8) is 0 Å². The summed E-state index contributed by atoms with van der Waals surface area (Å²) in [6.45, 7) is 3.85. The first-order chi connectivity index (χ1) is 12.6. The van der Waals surface area contributed by atoms with Crippen LogP contribution in [0.5, 0.6) is 0 Å². The van der Waals surface area contributed by atoms with Crippen LogP contribution >= 0.6 is 0 Å². The van der Waals surface area contributed by atoms with E-state index in [0.717, 1.165) is 22.1 Å². The molecule has 4 heteroatoms. The quantitative estimate of drug-likeness (QED) is 0.532. The Kier molecular flexibility index (Phi) is 5.64. The van der Waals surface area contributed by atoms with Crippen LogP contribution in [0.4, 0.5) is 0 Å². The maximum Gasteiger partial charge on any atom is 0.261 e. The third-order valence-corrected chi connectivity index (χ3v) is 4.30. The highest BCUT2D eigenvalue weighted by Gasteiger charge is 2.10. The zero-order chi connectivity index (χ0) is 18.4. The maximum absolute atomic E-state index is 12.1. The Morgan fingerprint density at radius 2 is 1.81 bits per heavy atom. The van der Waals surface area contributed by atoms with Gasteiger partial charge >= 0.3 is 0 Å². The number of carbonyl (C=O) groups excluding carboxylic acids is 1. The molecule has 26 heavy (non-hydrogen) atoms. The summed E-state index contributed by atoms with van der Waals surface area (Å²) in [6.07, 6.45) is 1.62. The number of nitrogens with one attached hydrogen (secondary N) is 1. The highest BCUT2D eigenvalue weighted by Crippen LogP contribution is 2.20. The number of oxime groups is 1. The van der Waals surface area contributed by atoms with Gasteiger partial charge in [0.25, 0.3) is 5.91 Å². The molecule has 132 valence electrons. The summed E-state index contributed by atoms with van der Waals surface area (Å²) < 4.78 is 0. The monoisotopic (exact) mass is 346 g/mol. The average Bonchev–Trinajstić information content (AvgIpc) is 2.66. The van der Waals surface area contributed by atoms with Gasteiger partial charge in [0.1, 0.15) is 0 Å². The van der Waals surface area contributed by atoms with Crippen LogP contribution in [-0.2, 0) is 9.63 Å². The number of hydrogen-bond donors (Lipinski definition) is 1. The number of fused-ring (bicyclic) bond motifs is 1. The van der Waals surface area contributed by atoms with Crippen LogP contribution in [0.15, 0.2) is 71.9 Å². The minimum atomic E-state index is -0.201. The molecule has 0 saturated heterocycles. The molecule has 1 amide bonds. The van der Waals surface area contributed by atoms with Gasteiger partial charge < -0.3 is 10.2 Å². The summed E-state index contributed by atoms with van der Waals surface area (Å²) in [5.74, 6) is -0.201. The van der Waals surface area contributed by atoms with Crippen LogP contribution in [0.1, 0.15) is 29.7 Å². The number of hydrogen-bond acceptors (Lipinski definition) is 3. The highest BCUT2D eigenvalue weighted by atomic mass is 16.6. The average molecular weight is 346 g/mol. The van der Waals surface area contributed by atoms with Gasteiger partial charge in [0.05, 0.1) is 12.3 Å². The summed E-state index contributed by atoms with van der Waals surface area (Å²) in [4.78, 5) is 17.2. The Morgan fingerprint density at radius 1 is 1.08 bits per heavy atom. The molecule has 0 heterocycles. The predicted molar refractivity (Wildman–Crippen MR) is 105 cm³/mol. The van der Waals surface area contributed by atoms with E-state index in [1.807, 2.05) is 56.3 Å². The molecule has 0 radical (unpaired) electrons. The first-order valence-corrected chi connectivity index (χ1v) is 8.62. The van der Waals surface area contributed by atoms with Gasteiger partial charge in [0.15, 0.2) is 6.61 Å². The molecule has 0 aliphatic rings. The van der Waals surface area contributed by atoms with Crippen LogP contribution in [-0.4, -0.2) is 18.7 Å². The molecule has 0 aliphatic carbocycles. The van der Waals surface area contributed by atoms with E-state index in [1.165, 1.54) is 5.39 Å². The lowest BCUT2D eigenvalue weighted by Gasteiger charge is -2.14. The van der Waals surface area contributed by atoms with Crippen LogP contribution < -0.4 is 5.32 Å². The van der Waals surface area contributed by atoms with E-state index in [9.17, 15) is 4.79 Å². The van der Waals surface area contributed by atoms with Crippen molar-refractivity contribution < 1.29 is 9.63 Å². The van der Waals surface area contributed by atoms with E-state index in [-0.39, 0.29) is 18.6 Å². The van der Waals surface area contributed by atoms with Crippen molar-refractivity contribution in [1.82, 2.24) is 5.32 Å². The molecular weight excluding hydrogens is 324 g/mol. The van der Waals surface area contributed by atoms with Gasteiger partial charge in [0, 0.05) is 0 Å². The normalized spacial score (nSPS) is 12.2. The second kappa shape index (κ2) is 8.30. The molecule has 3 rings (SSSR count). The summed E-state index contributed by atoms with van der Waals surface area (Å²) >= 11 is 0. The molecule has 1 atom stereocenters. The fraction of sp³-hybridized carbons (Fsp3) is 0.182. The van der Waals surface area contributed by atoms with Gasteiger partial charge in [-0.05, 0) is 47.4 Å². The van der Waals surface area contributed by atoms with Crippen molar-refractivity contribution in [3.05, 3.63) is 83.4 Å². The number of nitrogens with zero attached hydrogens (tertiary/aromatic N) is 1. The molecule has 3 aromatic rings. The van der Waals surface area contributed by atoms with Crippen LogP contribution in [0.3, 0.4) is 0 Å². The number of aryl methyl sites for hydroxylation is 1. The lowest BCUT2D eigenvalue weighted by atomic mass is 10.0. The molecule has 0 spiro atoms. The van der Waals surface area contributed by atoms with Gasteiger partial charge in [-0.1, -0.05) is 65.8 Å². The zero-order valence-corrected chi connectivity index (χ0v) is 15.0. The van der Waals surface area contributed by atoms with Gasteiger partial charge in [0.2, 0.25) is 0 Å². The Bertz CT molecular complexity index is 934. The summed E-state index contributed by atoms with van der Waals surface area (Å²) in [6, 6.07) is 22.1. The zero-order valence-electron chi connectivity index (χ0n) is 15.0. The van der Waals surface area contributed by atoms with E-state index in [4.69, 9.17) is 4.84 Å². The molecule has 0 bridgehead atoms. The van der Waals surface area contributed by atoms with Crippen LogP contribution in [0.25, 0.3) is 10.8 Å². The van der Waals surface area contributed by atoms with E-state index in [1.54, 1.807) is 6.21 Å². The van der Waals surface area contributed by atoms with Crippen molar-refractivity contribution in [1.29, 1.82) is 0 Å². The van der Waals surface area contributed by atoms with Crippen LogP contribution in [0.2, 0.25) is 0 Å². The summed E-state index contributed by atoms with van der Waals surface area (Å²) in [7, 11) is 0. The lowest BCUT2D eigenvalue weighted by molar-refractivity contribution is -0.126. The molecule has 3 aromatic carbocycles. The smallest absolute Gasteiger partial charge is 0.261 e. The Balaban J connectivity index is 1.53. The van der Waals surface area contributed by atoms with Gasteiger partial charge in [-0.25, -0.2) is 0 Å². The summed E-state index contributed by atoms with van der Waals surface area (Å²) in [5.41, 5.74) is 3.13. The molecule has 0 aromatic heterocycles. The van der Waals surface area contributed by atoms with E-state index < -0.39 is 0 Å². The Hall–Kier alpha value is -3.14. The number of carbonyl (C=O) groups is 1. The van der Waals surface area contributed by atoms with Crippen molar-refractivity contribution >= 4 is 22.9 Å². The molecule has 1 N–H and O–H groups in total. The standard InChI is InChI=1S/C22H22N2O2/c1-16-7-3-4-10-21(16)14-23-26-15-22(25)24-17(2)19-12-11-18-8-5-6-9-20(18)13-19/h3-14,17H,15H2,1-2H3,(H,24,25)/b23-14+. The highest BCUT2D eigenvalue weighted by molar-refractivity contribution is 5.84. The van der Waals surface area contributed by atoms with Crippen LogP contribution in [0, 0.1) is 6.92 Å². The maximum atomic E-state index is 12.1.